The van der Waals surface area contributed by atoms with E-state index >= 15 is 0 Å². The average Bonchev–Trinajstić information content (AvgIpc) is 3.69. The Morgan fingerprint density at radius 2 is 1.66 bits per heavy atom. The number of nitrogens with two attached hydrogens (primary N) is 3. The van der Waals surface area contributed by atoms with Gasteiger partial charge in [0, 0.05) is 110 Å². The van der Waals surface area contributed by atoms with E-state index in [2.05, 4.69) is 75.4 Å². The van der Waals surface area contributed by atoms with Crippen molar-refractivity contribution in [1.82, 2.24) is 24.6 Å². The number of allylic oxidation sites excluding steroid dienone is 1. The van der Waals surface area contributed by atoms with Crippen LogP contribution >= 0.6 is 0 Å². The van der Waals surface area contributed by atoms with Crippen LogP contribution in [0.4, 0.5) is 5.69 Å². The summed E-state index contributed by atoms with van der Waals surface area (Å²) >= 11 is 0. The van der Waals surface area contributed by atoms with Gasteiger partial charge in [0.1, 0.15) is 18.4 Å². The second kappa shape index (κ2) is 20.2. The maximum atomic E-state index is 13.9. The van der Waals surface area contributed by atoms with Gasteiger partial charge < -0.3 is 57.0 Å². The normalized spacial score (nSPS) is 18.6. The number of nitrogens with one attached hydrogen (secondary N) is 2. The molecule has 0 saturated carbocycles. The number of piperidine rings is 3. The van der Waals surface area contributed by atoms with Gasteiger partial charge in [-0.3, -0.25) is 9.59 Å². The van der Waals surface area contributed by atoms with Gasteiger partial charge >= 0.3 is 0 Å². The first-order valence-electron chi connectivity index (χ1n) is 21.6. The number of amides is 2. The van der Waals surface area contributed by atoms with Gasteiger partial charge in [0.25, 0.3) is 5.91 Å². The van der Waals surface area contributed by atoms with Crippen molar-refractivity contribution in [2.75, 3.05) is 64.7 Å². The van der Waals surface area contributed by atoms with Crippen LogP contribution in [-0.4, -0.2) is 102 Å². The molecule has 0 spiro atoms. The van der Waals surface area contributed by atoms with E-state index in [0.29, 0.717) is 36.0 Å². The summed E-state index contributed by atoms with van der Waals surface area (Å²) in [5, 5.41) is 17.5. The Kier molecular flexibility index (Phi) is 14.8. The monoisotopic (exact) mass is 832 g/mol. The van der Waals surface area contributed by atoms with Gasteiger partial charge in [0.15, 0.2) is 0 Å². The lowest BCUT2D eigenvalue weighted by atomic mass is 9.79. The van der Waals surface area contributed by atoms with Gasteiger partial charge in [-0.2, -0.15) is 0 Å². The number of carbonyl (C=O) groups is 3. The van der Waals surface area contributed by atoms with E-state index in [1.54, 1.807) is 24.3 Å². The Morgan fingerprint density at radius 3 is 2.34 bits per heavy atom. The van der Waals surface area contributed by atoms with Crippen LogP contribution in [0.1, 0.15) is 90.9 Å². The van der Waals surface area contributed by atoms with Gasteiger partial charge in [-0.15, -0.1) is 0 Å². The zero-order valence-electron chi connectivity index (χ0n) is 36.2. The summed E-state index contributed by atoms with van der Waals surface area (Å²) in [7, 11) is 1.85. The number of para-hydroxylation sites is 1. The van der Waals surface area contributed by atoms with Crippen LogP contribution in [0.3, 0.4) is 0 Å². The first-order chi connectivity index (χ1) is 29.4. The molecule has 3 aliphatic heterocycles. The van der Waals surface area contributed by atoms with Crippen LogP contribution in [0, 0.1) is 12.3 Å². The number of aryl methyl sites for hydroxylation is 1. The molecule has 7 rings (SSSR count). The van der Waals surface area contributed by atoms with Crippen LogP contribution in [0.15, 0.2) is 90.5 Å². The van der Waals surface area contributed by atoms with Gasteiger partial charge in [0.2, 0.25) is 5.91 Å². The highest BCUT2D eigenvalue weighted by atomic mass is 16.3. The zero-order chi connectivity index (χ0) is 43.7. The summed E-state index contributed by atoms with van der Waals surface area (Å²) in [5.41, 5.74) is 25.7. The number of hydrogen-bond acceptors (Lipinski definition) is 10. The summed E-state index contributed by atoms with van der Waals surface area (Å²) in [6, 6.07) is 22.0. The van der Waals surface area contributed by atoms with Crippen LogP contribution in [0.25, 0.3) is 16.6 Å². The maximum Gasteiger partial charge on any atom is 0.253 e. The number of rotatable bonds is 12. The summed E-state index contributed by atoms with van der Waals surface area (Å²) in [6.45, 7) is 13.4. The highest BCUT2D eigenvalue weighted by Crippen LogP contribution is 2.37. The molecule has 13 heteroatoms. The van der Waals surface area contributed by atoms with Crippen LogP contribution in [-0.2, 0) is 9.59 Å². The quantitative estimate of drug-likeness (QED) is 0.0944. The molecular weight excluding hydrogens is 767 g/mol. The van der Waals surface area contributed by atoms with E-state index < -0.39 is 0 Å². The van der Waals surface area contributed by atoms with Crippen LogP contribution < -0.4 is 27.8 Å². The Bertz CT molecular complexity index is 2210. The van der Waals surface area contributed by atoms with Gasteiger partial charge in [0.05, 0.1) is 5.70 Å². The summed E-state index contributed by atoms with van der Waals surface area (Å²) < 4.78 is 2.42. The Labute approximate surface area is 360 Å². The molecule has 13 nitrogen and oxygen atoms in total. The molecule has 9 N–H and O–H groups in total. The summed E-state index contributed by atoms with van der Waals surface area (Å²) in [4.78, 5) is 40.9. The molecule has 3 aromatic carbocycles. The molecule has 0 radical (unpaired) electrons. The largest absolute Gasteiger partial charge is 0.507 e. The molecule has 4 aromatic rings. The molecule has 3 fully saturated rings. The number of phenolic OH excluding ortho intramolecular Hbond substituents is 1. The maximum absolute atomic E-state index is 13.9. The molecule has 4 heterocycles. The summed E-state index contributed by atoms with van der Waals surface area (Å²) in [5.74, 6) is 0.666. The van der Waals surface area contributed by atoms with Crippen LogP contribution in [0.5, 0.6) is 5.75 Å². The van der Waals surface area contributed by atoms with E-state index in [0.717, 1.165) is 107 Å². The third-order valence-corrected chi connectivity index (χ3v) is 12.9. The fourth-order valence-corrected chi connectivity index (χ4v) is 9.52. The van der Waals surface area contributed by atoms with Crippen molar-refractivity contribution in [2.45, 2.75) is 70.8 Å². The topological polar surface area (TPSA) is 188 Å². The smallest absolute Gasteiger partial charge is 0.253 e. The van der Waals surface area contributed by atoms with Crippen molar-refractivity contribution in [3.05, 3.63) is 113 Å². The molecule has 1 aromatic heterocycles. The first kappa shape index (κ1) is 44.8. The van der Waals surface area contributed by atoms with Gasteiger partial charge in [-0.1, -0.05) is 25.1 Å². The number of anilines is 1. The first-order valence-corrected chi connectivity index (χ1v) is 21.6. The molecule has 3 aliphatic rings. The minimum atomic E-state index is 0.0208. The number of hydrogen-bond donors (Lipinski definition) is 6. The van der Waals surface area contributed by atoms with Gasteiger partial charge in [-0.25, -0.2) is 0 Å². The predicted molar refractivity (Wildman–Crippen MR) is 245 cm³/mol. The van der Waals surface area contributed by atoms with Crippen molar-refractivity contribution in [1.29, 1.82) is 0 Å². The number of fused-ring (bicyclic) bond motifs is 1. The number of likely N-dealkylation sites (tertiary alicyclic amines) is 3. The van der Waals surface area contributed by atoms with Crippen molar-refractivity contribution < 1.29 is 19.5 Å². The van der Waals surface area contributed by atoms with E-state index in [1.165, 1.54) is 11.1 Å². The molecule has 2 amide bonds. The zero-order valence-corrected chi connectivity index (χ0v) is 36.2. The lowest BCUT2D eigenvalue weighted by molar-refractivity contribution is -0.116. The fraction of sp³-hybridized carbons (Fsp3) is 0.438. The number of benzene rings is 3. The Balaban J connectivity index is 0.00000307. The minimum absolute atomic E-state index is 0.0208. The van der Waals surface area contributed by atoms with Crippen LogP contribution in [0.2, 0.25) is 0 Å². The minimum Gasteiger partial charge on any atom is -0.507 e. The Hall–Kier alpha value is -5.79. The lowest BCUT2D eigenvalue weighted by Crippen LogP contribution is -2.48. The van der Waals surface area contributed by atoms with E-state index in [9.17, 15) is 14.7 Å². The molecular formula is C48H65N9O4. The number of aromatic hydroxyl groups is 1. The predicted octanol–water partition coefficient (Wildman–Crippen LogP) is 5.86. The molecule has 1 unspecified atom stereocenters. The highest BCUT2D eigenvalue weighted by molar-refractivity contribution is 5.95. The number of carbonyl (C=O) groups excluding carboxylic acids is 3. The number of nitrogens with zero attached hydrogens (tertiary/aromatic N) is 4. The second-order valence-corrected chi connectivity index (χ2v) is 17.3. The second-order valence-electron chi connectivity index (χ2n) is 17.3. The third kappa shape index (κ3) is 10.8. The van der Waals surface area contributed by atoms with Crippen molar-refractivity contribution in [3.8, 4) is 5.75 Å². The molecule has 0 bridgehead atoms. The number of aromatic nitrogens is 1. The molecule has 61 heavy (non-hydrogen) atoms. The molecule has 326 valence electrons. The van der Waals surface area contributed by atoms with Crippen molar-refractivity contribution >= 4 is 40.9 Å². The molecule has 1 atom stereocenters. The SMILES string of the molecule is C=O.CNCCC(=O)Nc1ccc2c(ccn2C2CCN(CC3(C)CCN(C(=O)c4ccc(C5CCCN(C(/C=C(\N)c6ccccc6O)=C(N)N)C5)c(C)c4)CC3)CC2)c1. The standard InChI is InChI=1S/C47H63N9O3.CH2O/c1-32-27-34(10-12-38(32)35-7-6-21-55(30-35)42(45(49)50)29-40(48)39-8-4-5-9-43(39)57)46(59)54-25-18-47(2,19-26-54)31-53-22-16-37(17-23-53)56-24-15-33-28-36(11-13-41(33)56)52-44(58)14-20-51-3;1-2/h4-5,8-13,15,24,27-29,35,37,51,57H,6-7,14,16-23,25-26,30-31,48-50H2,1-3H3,(H,52,58);1H2/b40-29-;. The van der Waals surface area contributed by atoms with Gasteiger partial charge in [-0.05, 0) is 124 Å². The summed E-state index contributed by atoms with van der Waals surface area (Å²) in [6.07, 6.45) is 10.6. The average molecular weight is 832 g/mol. The van der Waals surface area contributed by atoms with Crippen molar-refractivity contribution in [3.63, 3.8) is 0 Å². The molecule has 3 saturated heterocycles. The number of phenols is 1. The van der Waals surface area contributed by atoms with E-state index in [4.69, 9.17) is 22.0 Å². The lowest BCUT2D eigenvalue weighted by Gasteiger charge is -2.44. The molecule has 0 aliphatic carbocycles. The van der Waals surface area contributed by atoms with Crippen molar-refractivity contribution in [2.24, 2.45) is 22.6 Å². The Morgan fingerprint density at radius 1 is 0.918 bits per heavy atom. The van der Waals surface area contributed by atoms with E-state index in [-0.39, 0.29) is 34.7 Å². The van der Waals surface area contributed by atoms with E-state index in [1.807, 2.05) is 36.9 Å². The third-order valence-electron chi connectivity index (χ3n) is 12.9. The fourth-order valence-electron chi connectivity index (χ4n) is 9.52. The highest BCUT2D eigenvalue weighted by Gasteiger charge is 2.35.